The van der Waals surface area contributed by atoms with Crippen molar-refractivity contribution in [3.05, 3.63) is 120 Å². The van der Waals surface area contributed by atoms with Crippen LogP contribution in [0.25, 0.3) is 10.9 Å². The number of amides is 14. The molecular weight excluding hydrogens is 1580 g/mol. The highest BCUT2D eigenvalue weighted by atomic mass is 16.4. The van der Waals surface area contributed by atoms with E-state index < -0.39 is 200 Å². The molecule has 6 rings (SSSR count). The molecule has 40 heteroatoms. The van der Waals surface area contributed by atoms with Crippen molar-refractivity contribution in [2.45, 2.75) is 215 Å². The number of unbranched alkanes of at least 4 members (excludes halogenated alkanes) is 3. The molecule has 662 valence electrons. The maximum atomic E-state index is 15.2. The van der Waals surface area contributed by atoms with E-state index in [1.807, 2.05) is 0 Å². The first kappa shape index (κ1) is 97.8. The van der Waals surface area contributed by atoms with Gasteiger partial charge in [-0.2, -0.15) is 0 Å². The van der Waals surface area contributed by atoms with Crippen LogP contribution >= 0.6 is 0 Å². The number of hydrogen-bond acceptors (Lipinski definition) is 21. The summed E-state index contributed by atoms with van der Waals surface area (Å²) in [5, 5.41) is 72.1. The number of terminal acetylenes is 1. The number of aliphatic hydroxyl groups is 2. The first-order valence-electron chi connectivity index (χ1n) is 40.5. The van der Waals surface area contributed by atoms with Gasteiger partial charge in [-0.3, -0.25) is 76.9 Å². The van der Waals surface area contributed by atoms with Crippen molar-refractivity contribution in [2.24, 2.45) is 33.8 Å². The van der Waals surface area contributed by atoms with E-state index in [4.69, 9.17) is 29.4 Å². The minimum Gasteiger partial charge on any atom is -0.508 e. The number of aromatic nitrogens is 3. The normalized spacial score (nSPS) is 15.0. The molecule has 0 bridgehead atoms. The van der Waals surface area contributed by atoms with Gasteiger partial charge < -0.3 is 122 Å². The van der Waals surface area contributed by atoms with Gasteiger partial charge in [0, 0.05) is 87.0 Å². The molecule has 0 spiro atoms. The summed E-state index contributed by atoms with van der Waals surface area (Å²) < 4.78 is 0. The minimum absolute atomic E-state index is 0.0247. The number of aromatic hydroxyl groups is 1. The summed E-state index contributed by atoms with van der Waals surface area (Å²) in [5.41, 5.74) is 25.0. The molecule has 122 heavy (non-hydrogen) atoms. The van der Waals surface area contributed by atoms with Crippen molar-refractivity contribution in [3.63, 3.8) is 0 Å². The number of benzene rings is 3. The lowest BCUT2D eigenvalue weighted by Gasteiger charge is -2.30. The van der Waals surface area contributed by atoms with Gasteiger partial charge in [-0.1, -0.05) is 94.3 Å². The number of phenols is 1. The number of para-hydroxylation sites is 1. The fraction of sp³-hybridized carbons (Fsp3) is 0.500. The molecule has 0 radical (unpaired) electrons. The Morgan fingerprint density at radius 1 is 0.566 bits per heavy atom. The second-order valence-corrected chi connectivity index (χ2v) is 29.9. The van der Waals surface area contributed by atoms with Crippen LogP contribution in [-0.4, -0.2) is 247 Å². The maximum Gasteiger partial charge on any atom is 0.303 e. The smallest absolute Gasteiger partial charge is 0.303 e. The Morgan fingerprint density at radius 2 is 1.08 bits per heavy atom. The number of aliphatic hydroxyl groups excluding tert-OH is 2. The van der Waals surface area contributed by atoms with Crippen LogP contribution in [-0.2, 0) is 97.6 Å². The molecule has 0 saturated carbocycles. The Labute approximate surface area is 705 Å². The molecule has 0 unspecified atom stereocenters. The maximum absolute atomic E-state index is 15.2. The number of aliphatic imine (C=N–C) groups is 1. The number of fused-ring (bicyclic) bond motifs is 1. The number of nitrogens with zero attached hydrogens (tertiary/aromatic N) is 3. The van der Waals surface area contributed by atoms with Crippen LogP contribution in [0.2, 0.25) is 0 Å². The number of aliphatic carboxylic acids is 1. The number of carbonyl (C=O) groups excluding carboxylic acids is 14. The molecule has 1 aliphatic heterocycles. The number of primary amides is 1. The number of carboxylic acid groups (broad SMARTS) is 1. The standard InChI is InChI=1S/C82H115N21O19/c1-5-7-10-27-66(107)93-63(44-104)78(119)98-60(38-49-28-30-52(106)31-29-49)76(117)101-64(45-105)79(120)95-55(22-8-6-2)72(113)96-57(32-33-68(109)110)74(115)100-62(40-51-42-87-46-91-51)77(118)97-59(37-48-19-11-9-12-20-48)75(116)94-56(25-17-35-88-82(85)86)73(114)99-61(39-50-41-89-54-23-14-13-21-53(50)54)71(112)90-43-67(108)92-58(24-15-16-34-83)81(122)103-36-18-26-65(103)80(121)102-69(47(3)4)70(84)111/h1,9,11-14,19-21,23,28-31,41-42,46-47,55-65,69,89,104-106H,6-8,10,15-18,22,24-27,32-40,43-45,83H2,2-4H3,(H2,84,111)(H,87,91)(H,90,112)(H,92,108)(H,93,107)(H,94,116)(H,95,120)(H,96,113)(H,97,118)(H,98,119)(H,99,114)(H,100,115)(H,101,117)(H,102,121)(H,109,110)(H4,85,86,88)/t55-,56-,57-,58-,59+,60-,61-,62-,63-,64-,65-,69-/m0/s1. The van der Waals surface area contributed by atoms with Crippen LogP contribution in [0.3, 0.4) is 0 Å². The second kappa shape index (κ2) is 50.8. The van der Waals surface area contributed by atoms with Gasteiger partial charge in [0.15, 0.2) is 5.96 Å². The molecule has 3 aromatic carbocycles. The van der Waals surface area contributed by atoms with E-state index in [1.54, 1.807) is 81.6 Å². The molecule has 5 aromatic rings. The molecular formula is C82H115N21O19. The number of imidazole rings is 1. The van der Waals surface area contributed by atoms with Crippen LogP contribution < -0.4 is 86.7 Å². The van der Waals surface area contributed by atoms with Crippen LogP contribution in [0.4, 0.5) is 0 Å². The summed E-state index contributed by atoms with van der Waals surface area (Å²) in [6.07, 6.45) is 9.35. The zero-order chi connectivity index (χ0) is 89.4. The number of phenolic OH excluding ortho intramolecular Hbond substituents is 1. The predicted molar refractivity (Wildman–Crippen MR) is 445 cm³/mol. The lowest BCUT2D eigenvalue weighted by Crippen LogP contribution is -2.61. The first-order chi connectivity index (χ1) is 58.4. The van der Waals surface area contributed by atoms with Gasteiger partial charge in [0.05, 0.1) is 26.1 Å². The van der Waals surface area contributed by atoms with Gasteiger partial charge in [0.25, 0.3) is 0 Å². The number of carbonyl (C=O) groups is 15. The van der Waals surface area contributed by atoms with Gasteiger partial charge in [-0.15, -0.1) is 12.3 Å². The molecule has 1 aliphatic rings. The third-order valence-corrected chi connectivity index (χ3v) is 20.1. The monoisotopic (exact) mass is 1700 g/mol. The molecule has 0 aliphatic carbocycles. The number of guanidine groups is 1. The van der Waals surface area contributed by atoms with E-state index in [9.17, 15) is 78.0 Å². The highest BCUT2D eigenvalue weighted by Gasteiger charge is 2.41. The van der Waals surface area contributed by atoms with Gasteiger partial charge >= 0.3 is 5.97 Å². The Hall–Kier alpha value is -13.0. The number of carboxylic acids is 1. The van der Waals surface area contributed by atoms with E-state index in [0.717, 1.165) is 0 Å². The predicted octanol–water partition coefficient (Wildman–Crippen LogP) is -3.53. The topological polar surface area (TPSA) is 645 Å². The fourth-order valence-electron chi connectivity index (χ4n) is 13.5. The van der Waals surface area contributed by atoms with E-state index in [2.05, 4.69) is 89.7 Å². The highest BCUT2D eigenvalue weighted by Crippen LogP contribution is 2.23. The Balaban J connectivity index is 1.25. The Bertz CT molecular complexity index is 4420. The third-order valence-electron chi connectivity index (χ3n) is 20.1. The average molecular weight is 1700 g/mol. The van der Waals surface area contributed by atoms with Crippen LogP contribution in [0.5, 0.6) is 5.75 Å². The van der Waals surface area contributed by atoms with Crippen LogP contribution in [0, 0.1) is 18.3 Å². The van der Waals surface area contributed by atoms with Gasteiger partial charge in [0.1, 0.15) is 78.3 Å². The van der Waals surface area contributed by atoms with Crippen molar-refractivity contribution in [1.82, 2.24) is 83.7 Å². The molecule has 14 amide bonds. The summed E-state index contributed by atoms with van der Waals surface area (Å²) in [7, 11) is 0. The van der Waals surface area contributed by atoms with Crippen molar-refractivity contribution in [1.29, 1.82) is 0 Å². The summed E-state index contributed by atoms with van der Waals surface area (Å²) >= 11 is 0. The van der Waals surface area contributed by atoms with Crippen LogP contribution in [0.1, 0.15) is 139 Å². The van der Waals surface area contributed by atoms with E-state index in [0.29, 0.717) is 53.3 Å². The molecule has 1 fully saturated rings. The Morgan fingerprint density at radius 3 is 1.63 bits per heavy atom. The number of rotatable bonds is 53. The molecule has 3 heterocycles. The highest BCUT2D eigenvalue weighted by molar-refractivity contribution is 6.00. The van der Waals surface area contributed by atoms with Crippen molar-refractivity contribution in [3.8, 4) is 18.1 Å². The molecule has 40 nitrogen and oxygen atoms in total. The van der Waals surface area contributed by atoms with Crippen molar-refractivity contribution < 1.29 is 92.3 Å². The summed E-state index contributed by atoms with van der Waals surface area (Å²) in [6, 6.07) is 2.88. The molecule has 1 saturated heterocycles. The SMILES string of the molecule is C#CCCCC(=O)N[C@@H](CO)C(=O)N[C@@H](Cc1ccc(O)cc1)C(=O)N[C@@H](CO)C(=O)N[C@@H](CCCC)C(=O)N[C@@H](CCC(=O)O)C(=O)N[C@@H](Cc1cnc[nH]1)C(=O)N[C@H](Cc1ccccc1)C(=O)N[C@@H](CCCN=C(N)N)C(=O)N[C@@H](Cc1c[nH]c2ccccc12)C(=O)NCC(=O)N[C@@H](CCCCN)C(=O)N1CCC[C@H]1C(=O)N[C@H](C(N)=O)C(C)C. The third kappa shape index (κ3) is 32.3. The number of hydrogen-bond donors (Lipinski definition) is 22. The zero-order valence-corrected chi connectivity index (χ0v) is 68.6. The van der Waals surface area contributed by atoms with E-state index in [-0.39, 0.29) is 120 Å². The summed E-state index contributed by atoms with van der Waals surface area (Å²) in [5.74, 6) is -12.5. The fourth-order valence-corrected chi connectivity index (χ4v) is 13.5. The molecule has 2 aromatic heterocycles. The lowest BCUT2D eigenvalue weighted by molar-refractivity contribution is -0.142. The summed E-state index contributed by atoms with van der Waals surface area (Å²) in [6.45, 7) is 2.77. The molecule has 26 N–H and O–H groups in total. The average Bonchev–Trinajstić information content (AvgIpc) is 1.68. The number of nitrogens with one attached hydrogen (secondary N) is 14. The van der Waals surface area contributed by atoms with Crippen LogP contribution in [0.15, 0.2) is 103 Å². The summed E-state index contributed by atoms with van der Waals surface area (Å²) in [4.78, 5) is 226. The lowest BCUT2D eigenvalue weighted by atomic mass is 10.0. The second-order valence-electron chi connectivity index (χ2n) is 29.9. The molecule has 12 atom stereocenters. The zero-order valence-electron chi connectivity index (χ0n) is 68.6. The number of aromatic amines is 2. The van der Waals surface area contributed by atoms with Gasteiger partial charge in [-0.25, -0.2) is 4.98 Å². The number of likely N-dealkylation sites (tertiary alicyclic amines) is 1. The first-order valence-corrected chi connectivity index (χ1v) is 40.5. The van der Waals surface area contributed by atoms with E-state index in [1.165, 1.54) is 41.7 Å². The largest absolute Gasteiger partial charge is 0.508 e. The van der Waals surface area contributed by atoms with Crippen molar-refractivity contribution >= 4 is 106 Å². The Kier molecular flexibility index (Phi) is 40.7. The van der Waals surface area contributed by atoms with Crippen molar-refractivity contribution in [2.75, 3.05) is 39.4 Å². The van der Waals surface area contributed by atoms with Gasteiger partial charge in [-0.05, 0) is 112 Å². The number of H-pyrrole nitrogens is 2. The van der Waals surface area contributed by atoms with Gasteiger partial charge in [0.2, 0.25) is 82.7 Å². The minimum atomic E-state index is -1.85. The quantitative estimate of drug-likeness (QED) is 0.00776. The number of nitrogens with two attached hydrogens (primary N) is 4. The van der Waals surface area contributed by atoms with E-state index >= 15 is 14.4 Å².